The van der Waals surface area contributed by atoms with Crippen molar-refractivity contribution in [1.29, 1.82) is 0 Å². The predicted octanol–water partition coefficient (Wildman–Crippen LogP) is 4.66. The lowest BCUT2D eigenvalue weighted by Crippen LogP contribution is -1.98. The number of aromatic nitrogens is 2. The van der Waals surface area contributed by atoms with Crippen molar-refractivity contribution in [3.8, 4) is 11.1 Å². The molecule has 0 amide bonds. The largest absolute Gasteiger partial charge is 0.258 e. The fourth-order valence-corrected chi connectivity index (χ4v) is 2.75. The highest BCUT2D eigenvalue weighted by molar-refractivity contribution is 5.71. The molecule has 22 heavy (non-hydrogen) atoms. The third kappa shape index (κ3) is 2.91. The van der Waals surface area contributed by atoms with E-state index in [0.717, 1.165) is 17.8 Å². The summed E-state index contributed by atoms with van der Waals surface area (Å²) in [7, 11) is 0. The Bertz CT molecular complexity index is 789. The van der Waals surface area contributed by atoms with Crippen LogP contribution >= 0.6 is 0 Å². The van der Waals surface area contributed by atoms with E-state index in [1.54, 1.807) is 0 Å². The van der Waals surface area contributed by atoms with E-state index in [4.69, 9.17) is 0 Å². The summed E-state index contributed by atoms with van der Waals surface area (Å²) in [6.07, 6.45) is 4.52. The molecule has 1 aromatic heterocycles. The van der Waals surface area contributed by atoms with Gasteiger partial charge in [0.05, 0.1) is 11.4 Å². The Kier molecular flexibility index (Phi) is 4.01. The van der Waals surface area contributed by atoms with E-state index in [9.17, 15) is 0 Å². The van der Waals surface area contributed by atoms with E-state index in [-0.39, 0.29) is 0 Å². The molecule has 0 unspecified atom stereocenters. The van der Waals surface area contributed by atoms with Crippen molar-refractivity contribution in [3.63, 3.8) is 0 Å². The normalized spacial score (nSPS) is 10.7. The summed E-state index contributed by atoms with van der Waals surface area (Å²) in [6.45, 7) is 6.31. The van der Waals surface area contributed by atoms with Gasteiger partial charge in [0, 0.05) is 18.8 Å². The Balaban J connectivity index is 1.99. The van der Waals surface area contributed by atoms with E-state index >= 15 is 0 Å². The first kappa shape index (κ1) is 14.5. The molecule has 0 radical (unpaired) electrons. The lowest BCUT2D eigenvalue weighted by Gasteiger charge is -2.13. The van der Waals surface area contributed by atoms with Crippen LogP contribution in [0.25, 0.3) is 11.1 Å². The summed E-state index contributed by atoms with van der Waals surface area (Å²) >= 11 is 0. The van der Waals surface area contributed by atoms with Gasteiger partial charge in [0.15, 0.2) is 0 Å². The number of rotatable bonds is 3. The molecule has 3 aromatic rings. The molecule has 0 saturated heterocycles. The van der Waals surface area contributed by atoms with Gasteiger partial charge >= 0.3 is 0 Å². The van der Waals surface area contributed by atoms with E-state index in [0.29, 0.717) is 0 Å². The molecule has 0 spiro atoms. The summed E-state index contributed by atoms with van der Waals surface area (Å²) < 4.78 is 0. The Morgan fingerprint density at radius 2 is 1.55 bits per heavy atom. The van der Waals surface area contributed by atoms with Crippen molar-refractivity contribution in [1.82, 2.24) is 9.97 Å². The van der Waals surface area contributed by atoms with Crippen molar-refractivity contribution >= 4 is 0 Å². The third-order valence-electron chi connectivity index (χ3n) is 4.09. The lowest BCUT2D eigenvalue weighted by atomic mass is 9.92. The number of benzene rings is 2. The van der Waals surface area contributed by atoms with Gasteiger partial charge in [-0.2, -0.15) is 0 Å². The molecule has 2 aromatic carbocycles. The highest BCUT2D eigenvalue weighted by atomic mass is 14.8. The molecule has 0 aliphatic rings. The second-order valence-electron chi connectivity index (χ2n) is 5.73. The molecule has 0 N–H and O–H groups in total. The first-order chi connectivity index (χ1) is 10.6. The summed E-state index contributed by atoms with van der Waals surface area (Å²) in [5.41, 5.74) is 8.49. The maximum Gasteiger partial charge on any atom is 0.0630 e. The van der Waals surface area contributed by atoms with Crippen LogP contribution in [0.3, 0.4) is 0 Å². The predicted molar refractivity (Wildman–Crippen MR) is 90.9 cm³/mol. The van der Waals surface area contributed by atoms with Gasteiger partial charge in [0.1, 0.15) is 0 Å². The van der Waals surface area contributed by atoms with Crippen LogP contribution < -0.4 is 0 Å². The molecule has 2 nitrogen and oxygen atoms in total. The highest BCUT2D eigenvalue weighted by Gasteiger charge is 2.09. The summed E-state index contributed by atoms with van der Waals surface area (Å²) in [4.78, 5) is 8.81. The van der Waals surface area contributed by atoms with Crippen molar-refractivity contribution in [2.75, 3.05) is 0 Å². The van der Waals surface area contributed by atoms with Gasteiger partial charge in [0.25, 0.3) is 0 Å². The fraction of sp³-hybridized carbons (Fsp3) is 0.200. The highest BCUT2D eigenvalue weighted by Crippen LogP contribution is 2.29. The number of aryl methyl sites for hydroxylation is 2. The van der Waals surface area contributed by atoms with Crippen molar-refractivity contribution in [2.24, 2.45) is 0 Å². The number of hydrogen-bond donors (Lipinski definition) is 0. The molecule has 0 aliphatic heterocycles. The lowest BCUT2D eigenvalue weighted by molar-refractivity contribution is 0.995. The maximum absolute atomic E-state index is 4.47. The van der Waals surface area contributed by atoms with Crippen LogP contribution in [0.1, 0.15) is 28.1 Å². The first-order valence-electron chi connectivity index (χ1n) is 7.57. The third-order valence-corrected chi connectivity index (χ3v) is 4.09. The maximum atomic E-state index is 4.47. The van der Waals surface area contributed by atoms with E-state index < -0.39 is 0 Å². The summed E-state index contributed by atoms with van der Waals surface area (Å²) in [5, 5.41) is 0. The van der Waals surface area contributed by atoms with Gasteiger partial charge in [-0.1, -0.05) is 42.5 Å². The second kappa shape index (κ2) is 6.10. The van der Waals surface area contributed by atoms with Crippen LogP contribution in [0.4, 0.5) is 0 Å². The Morgan fingerprint density at radius 3 is 2.27 bits per heavy atom. The standard InChI is InChI=1S/C20H20N2/c1-14-7-4-5-9-19(14)20-10-6-8-17(16(20)3)11-18-13-21-15(2)12-22-18/h4-10,12-13H,11H2,1-3H3. The van der Waals surface area contributed by atoms with Crippen LogP contribution in [-0.2, 0) is 6.42 Å². The smallest absolute Gasteiger partial charge is 0.0630 e. The minimum atomic E-state index is 0.818. The zero-order chi connectivity index (χ0) is 15.5. The van der Waals surface area contributed by atoms with E-state index in [1.807, 2.05) is 19.3 Å². The molecule has 110 valence electrons. The van der Waals surface area contributed by atoms with Crippen molar-refractivity contribution < 1.29 is 0 Å². The zero-order valence-electron chi connectivity index (χ0n) is 13.3. The molecular formula is C20H20N2. The van der Waals surface area contributed by atoms with Gasteiger partial charge in [-0.05, 0) is 48.6 Å². The van der Waals surface area contributed by atoms with Crippen molar-refractivity contribution in [2.45, 2.75) is 27.2 Å². The topological polar surface area (TPSA) is 25.8 Å². The van der Waals surface area contributed by atoms with Crippen LogP contribution in [0.5, 0.6) is 0 Å². The molecule has 0 fully saturated rings. The first-order valence-corrected chi connectivity index (χ1v) is 7.57. The Labute approximate surface area is 131 Å². The monoisotopic (exact) mass is 288 g/mol. The van der Waals surface area contributed by atoms with E-state index in [1.165, 1.54) is 27.8 Å². The van der Waals surface area contributed by atoms with Crippen LogP contribution in [-0.4, -0.2) is 9.97 Å². The number of hydrogen-bond acceptors (Lipinski definition) is 2. The number of nitrogens with zero attached hydrogens (tertiary/aromatic N) is 2. The van der Waals surface area contributed by atoms with Gasteiger partial charge in [-0.3, -0.25) is 9.97 Å². The summed E-state index contributed by atoms with van der Waals surface area (Å²) in [5.74, 6) is 0. The average Bonchev–Trinajstić information content (AvgIpc) is 2.52. The SMILES string of the molecule is Cc1cnc(Cc2cccc(-c3ccccc3C)c2C)cn1. The summed E-state index contributed by atoms with van der Waals surface area (Å²) in [6, 6.07) is 15.0. The minimum absolute atomic E-state index is 0.818. The zero-order valence-corrected chi connectivity index (χ0v) is 13.3. The average molecular weight is 288 g/mol. The fourth-order valence-electron chi connectivity index (χ4n) is 2.75. The minimum Gasteiger partial charge on any atom is -0.258 e. The molecule has 0 atom stereocenters. The van der Waals surface area contributed by atoms with E-state index in [2.05, 4.69) is 66.3 Å². The molecule has 0 aliphatic carbocycles. The van der Waals surface area contributed by atoms with Crippen LogP contribution in [0, 0.1) is 20.8 Å². The second-order valence-corrected chi connectivity index (χ2v) is 5.73. The quantitative estimate of drug-likeness (QED) is 0.700. The van der Waals surface area contributed by atoms with Gasteiger partial charge in [0.2, 0.25) is 0 Å². The molecule has 3 rings (SSSR count). The molecular weight excluding hydrogens is 268 g/mol. The molecule has 2 heteroatoms. The van der Waals surface area contributed by atoms with Gasteiger partial charge in [-0.15, -0.1) is 0 Å². The van der Waals surface area contributed by atoms with Gasteiger partial charge in [-0.25, -0.2) is 0 Å². The Morgan fingerprint density at radius 1 is 0.773 bits per heavy atom. The molecule has 0 bridgehead atoms. The Hall–Kier alpha value is -2.48. The van der Waals surface area contributed by atoms with Crippen molar-refractivity contribution in [3.05, 3.63) is 82.9 Å². The molecule has 1 heterocycles. The van der Waals surface area contributed by atoms with Gasteiger partial charge < -0.3 is 0 Å². The van der Waals surface area contributed by atoms with Crippen LogP contribution in [0.2, 0.25) is 0 Å². The molecule has 0 saturated carbocycles. The van der Waals surface area contributed by atoms with Crippen LogP contribution in [0.15, 0.2) is 54.9 Å².